The summed E-state index contributed by atoms with van der Waals surface area (Å²) in [7, 11) is 0. The third-order valence-electron chi connectivity index (χ3n) is 4.43. The molecule has 0 radical (unpaired) electrons. The van der Waals surface area contributed by atoms with Crippen molar-refractivity contribution in [2.75, 3.05) is 13.1 Å². The predicted molar refractivity (Wildman–Crippen MR) is 103 cm³/mol. The summed E-state index contributed by atoms with van der Waals surface area (Å²) in [6, 6.07) is 10.7. The monoisotopic (exact) mass is 389 g/mol. The Morgan fingerprint density at radius 1 is 1.19 bits per heavy atom. The van der Waals surface area contributed by atoms with Crippen LogP contribution in [0.1, 0.15) is 32.4 Å². The smallest absolute Gasteiger partial charge is 0.266 e. The number of carbonyl (C=O) groups excluding carboxylic acids is 1. The van der Waals surface area contributed by atoms with Gasteiger partial charge in [-0.1, -0.05) is 11.6 Å². The van der Waals surface area contributed by atoms with E-state index in [1.165, 1.54) is 0 Å². The predicted octanol–water partition coefficient (Wildman–Crippen LogP) is 3.67. The molecule has 1 saturated heterocycles. The van der Waals surface area contributed by atoms with Gasteiger partial charge in [-0.15, -0.1) is 5.10 Å². The van der Waals surface area contributed by atoms with E-state index < -0.39 is 5.60 Å². The molecule has 144 valence electrons. The highest BCUT2D eigenvalue weighted by Crippen LogP contribution is 2.24. The van der Waals surface area contributed by atoms with Gasteiger partial charge in [0.15, 0.2) is 5.60 Å². The molecule has 1 aromatic heterocycles. The van der Waals surface area contributed by atoms with Crippen LogP contribution in [0, 0.1) is 6.92 Å². The number of rotatable bonds is 5. The average Bonchev–Trinajstić information content (AvgIpc) is 2.65. The number of aromatic nitrogens is 2. The number of amides is 1. The Labute approximate surface area is 164 Å². The van der Waals surface area contributed by atoms with Crippen LogP contribution in [0.25, 0.3) is 0 Å². The third kappa shape index (κ3) is 5.10. The molecule has 1 aromatic carbocycles. The van der Waals surface area contributed by atoms with Crippen LogP contribution in [0.4, 0.5) is 0 Å². The Bertz CT molecular complexity index is 778. The number of aryl methyl sites for hydroxylation is 1. The number of nitrogens with zero attached hydrogens (tertiary/aromatic N) is 3. The number of ether oxygens (including phenoxy) is 2. The molecule has 1 fully saturated rings. The summed E-state index contributed by atoms with van der Waals surface area (Å²) < 4.78 is 11.8. The van der Waals surface area contributed by atoms with Crippen LogP contribution >= 0.6 is 11.6 Å². The second-order valence-electron chi connectivity index (χ2n) is 7.21. The van der Waals surface area contributed by atoms with Crippen LogP contribution in [0.5, 0.6) is 11.6 Å². The molecule has 2 aromatic rings. The molecule has 27 heavy (non-hydrogen) atoms. The van der Waals surface area contributed by atoms with E-state index in [1.807, 2.05) is 13.0 Å². The first-order valence-corrected chi connectivity index (χ1v) is 9.42. The van der Waals surface area contributed by atoms with Crippen molar-refractivity contribution in [1.29, 1.82) is 0 Å². The minimum Gasteiger partial charge on any atom is -0.478 e. The van der Waals surface area contributed by atoms with Crippen molar-refractivity contribution in [3.8, 4) is 11.6 Å². The number of benzene rings is 1. The van der Waals surface area contributed by atoms with Crippen LogP contribution in [0.2, 0.25) is 5.02 Å². The van der Waals surface area contributed by atoms with Gasteiger partial charge < -0.3 is 14.4 Å². The minimum atomic E-state index is -0.987. The second kappa shape index (κ2) is 8.13. The molecule has 1 unspecified atom stereocenters. The van der Waals surface area contributed by atoms with E-state index in [9.17, 15) is 4.79 Å². The normalized spacial score (nSPS) is 17.5. The SMILES string of the molecule is Cc1ccc(OC2CCCN(C(=O)C(C)(C)Oc3ccc(Cl)cc3)C2)nn1. The molecule has 0 N–H and O–H groups in total. The summed E-state index contributed by atoms with van der Waals surface area (Å²) in [4.78, 5) is 14.8. The molecular formula is C20H24ClN3O3. The summed E-state index contributed by atoms with van der Waals surface area (Å²) in [6.45, 7) is 6.62. The van der Waals surface area contributed by atoms with E-state index in [0.29, 0.717) is 29.7 Å². The van der Waals surface area contributed by atoms with Crippen molar-refractivity contribution in [1.82, 2.24) is 15.1 Å². The summed E-state index contributed by atoms with van der Waals surface area (Å²) in [6.07, 6.45) is 1.64. The van der Waals surface area contributed by atoms with Gasteiger partial charge in [0.05, 0.1) is 12.2 Å². The van der Waals surface area contributed by atoms with E-state index in [4.69, 9.17) is 21.1 Å². The molecule has 7 heteroatoms. The molecular weight excluding hydrogens is 366 g/mol. The van der Waals surface area contributed by atoms with Gasteiger partial charge in [-0.25, -0.2) is 0 Å². The fourth-order valence-electron chi connectivity index (χ4n) is 3.06. The highest BCUT2D eigenvalue weighted by atomic mass is 35.5. The van der Waals surface area contributed by atoms with Gasteiger partial charge >= 0.3 is 0 Å². The standard InChI is InChI=1S/C20H24ClN3O3/c1-14-6-11-18(23-22-14)26-17-5-4-12-24(13-17)19(25)20(2,3)27-16-9-7-15(21)8-10-16/h6-11,17H,4-5,12-13H2,1-3H3. The van der Waals surface area contributed by atoms with E-state index in [-0.39, 0.29) is 12.0 Å². The van der Waals surface area contributed by atoms with E-state index in [0.717, 1.165) is 18.5 Å². The molecule has 6 nitrogen and oxygen atoms in total. The lowest BCUT2D eigenvalue weighted by molar-refractivity contribution is -0.148. The van der Waals surface area contributed by atoms with Crippen LogP contribution in [0.15, 0.2) is 36.4 Å². The molecule has 0 aliphatic carbocycles. The summed E-state index contributed by atoms with van der Waals surface area (Å²) in [5.41, 5.74) is -0.150. The van der Waals surface area contributed by atoms with E-state index in [2.05, 4.69) is 10.2 Å². The minimum absolute atomic E-state index is 0.0688. The number of piperidine rings is 1. The van der Waals surface area contributed by atoms with Gasteiger partial charge in [0.25, 0.3) is 5.91 Å². The number of hydrogen-bond donors (Lipinski definition) is 0. The largest absolute Gasteiger partial charge is 0.478 e. The topological polar surface area (TPSA) is 64.5 Å². The van der Waals surface area contributed by atoms with Gasteiger partial charge in [0.1, 0.15) is 11.9 Å². The van der Waals surface area contributed by atoms with Crippen molar-refractivity contribution < 1.29 is 14.3 Å². The zero-order valence-electron chi connectivity index (χ0n) is 15.8. The lowest BCUT2D eigenvalue weighted by Crippen LogP contribution is -2.53. The first kappa shape index (κ1) is 19.4. The Kier molecular flexibility index (Phi) is 5.85. The molecule has 0 bridgehead atoms. The zero-order chi connectivity index (χ0) is 19.4. The lowest BCUT2D eigenvalue weighted by Gasteiger charge is -2.37. The number of halogens is 1. The number of carbonyl (C=O) groups is 1. The second-order valence-corrected chi connectivity index (χ2v) is 7.65. The Morgan fingerprint density at radius 2 is 1.93 bits per heavy atom. The zero-order valence-corrected chi connectivity index (χ0v) is 16.6. The van der Waals surface area contributed by atoms with Crippen molar-refractivity contribution in [2.24, 2.45) is 0 Å². The van der Waals surface area contributed by atoms with E-state index in [1.54, 1.807) is 49.1 Å². The van der Waals surface area contributed by atoms with Crippen molar-refractivity contribution >= 4 is 17.5 Å². The van der Waals surface area contributed by atoms with Crippen LogP contribution in [0.3, 0.4) is 0 Å². The fraction of sp³-hybridized carbons (Fsp3) is 0.450. The van der Waals surface area contributed by atoms with Crippen molar-refractivity contribution in [3.63, 3.8) is 0 Å². The van der Waals surface area contributed by atoms with Crippen molar-refractivity contribution in [2.45, 2.75) is 45.3 Å². The molecule has 2 heterocycles. The maximum absolute atomic E-state index is 13.0. The van der Waals surface area contributed by atoms with Crippen LogP contribution in [-0.2, 0) is 4.79 Å². The quantitative estimate of drug-likeness (QED) is 0.780. The molecule has 1 aliphatic heterocycles. The van der Waals surface area contributed by atoms with Crippen molar-refractivity contribution in [3.05, 3.63) is 47.1 Å². The van der Waals surface area contributed by atoms with Crippen LogP contribution in [-0.4, -0.2) is 45.8 Å². The average molecular weight is 390 g/mol. The highest BCUT2D eigenvalue weighted by Gasteiger charge is 2.37. The molecule has 1 aliphatic rings. The highest BCUT2D eigenvalue weighted by molar-refractivity contribution is 6.30. The maximum Gasteiger partial charge on any atom is 0.266 e. The number of hydrogen-bond acceptors (Lipinski definition) is 5. The summed E-state index contributed by atoms with van der Waals surface area (Å²) in [5.74, 6) is 1.02. The van der Waals surface area contributed by atoms with E-state index >= 15 is 0 Å². The maximum atomic E-state index is 13.0. The third-order valence-corrected chi connectivity index (χ3v) is 4.68. The van der Waals surface area contributed by atoms with Gasteiger partial charge in [-0.2, -0.15) is 5.10 Å². The van der Waals surface area contributed by atoms with Gasteiger partial charge in [0, 0.05) is 17.6 Å². The first-order chi connectivity index (χ1) is 12.8. The van der Waals surface area contributed by atoms with Gasteiger partial charge in [0.2, 0.25) is 5.88 Å². The van der Waals surface area contributed by atoms with Gasteiger partial charge in [-0.3, -0.25) is 4.79 Å². The Morgan fingerprint density at radius 3 is 2.59 bits per heavy atom. The summed E-state index contributed by atoms with van der Waals surface area (Å²) >= 11 is 5.90. The molecule has 1 amide bonds. The molecule has 0 spiro atoms. The molecule has 3 rings (SSSR count). The van der Waals surface area contributed by atoms with Gasteiger partial charge in [-0.05, 0) is 63.9 Å². The first-order valence-electron chi connectivity index (χ1n) is 9.04. The van der Waals surface area contributed by atoms with Crippen LogP contribution < -0.4 is 9.47 Å². The Hall–Kier alpha value is -2.34. The number of likely N-dealkylation sites (tertiary alicyclic amines) is 1. The Balaban J connectivity index is 1.62. The summed E-state index contributed by atoms with van der Waals surface area (Å²) in [5, 5.41) is 8.68. The molecule has 0 saturated carbocycles. The lowest BCUT2D eigenvalue weighted by atomic mass is 10.0. The fourth-order valence-corrected chi connectivity index (χ4v) is 3.19. The molecule has 1 atom stereocenters.